The fraction of sp³-hybridized carbons (Fsp3) is 0.611. The van der Waals surface area contributed by atoms with Crippen LogP contribution in [-0.2, 0) is 9.47 Å². The molecule has 2 atom stereocenters. The fourth-order valence-electron chi connectivity index (χ4n) is 2.21. The summed E-state index contributed by atoms with van der Waals surface area (Å²) in [6, 6.07) is 7.08. The third-order valence-corrected chi connectivity index (χ3v) is 3.70. The van der Waals surface area contributed by atoms with Crippen LogP contribution in [0.2, 0.25) is 0 Å². The second kappa shape index (κ2) is 8.79. The van der Waals surface area contributed by atoms with Gasteiger partial charge >= 0.3 is 5.97 Å². The van der Waals surface area contributed by atoms with E-state index in [1.54, 1.807) is 24.3 Å². The van der Waals surface area contributed by atoms with Crippen molar-refractivity contribution in [3.05, 3.63) is 29.8 Å². The topological polar surface area (TPSA) is 48.1 Å². The van der Waals surface area contributed by atoms with E-state index in [9.17, 15) is 4.79 Å². The van der Waals surface area contributed by atoms with Gasteiger partial charge < -0.3 is 14.2 Å². The van der Waals surface area contributed by atoms with E-state index >= 15 is 0 Å². The number of hydrogen-bond acceptors (Lipinski definition) is 4. The van der Waals surface area contributed by atoms with Gasteiger partial charge in [-0.3, -0.25) is 0 Å². The quantitative estimate of drug-likeness (QED) is 0.373. The van der Waals surface area contributed by atoms with Gasteiger partial charge in [-0.25, -0.2) is 4.79 Å². The molecule has 0 N–H and O–H groups in total. The minimum Gasteiger partial charge on any atom is -0.491 e. The van der Waals surface area contributed by atoms with Gasteiger partial charge in [0.1, 0.15) is 18.5 Å². The molecule has 1 fully saturated rings. The summed E-state index contributed by atoms with van der Waals surface area (Å²) in [5.41, 5.74) is 0.565. The maximum absolute atomic E-state index is 12.0. The van der Waals surface area contributed by atoms with Crippen LogP contribution in [-0.4, -0.2) is 31.4 Å². The lowest BCUT2D eigenvalue weighted by Gasteiger charge is -2.13. The Balaban J connectivity index is 1.71. The van der Waals surface area contributed by atoms with Crippen LogP contribution < -0.4 is 4.74 Å². The van der Waals surface area contributed by atoms with Gasteiger partial charge in [-0.05, 0) is 44.0 Å². The van der Waals surface area contributed by atoms with Gasteiger partial charge in [0, 0.05) is 0 Å². The molecule has 0 saturated carbocycles. The zero-order valence-corrected chi connectivity index (χ0v) is 13.5. The molecule has 0 aromatic heterocycles. The number of unbranched alkanes of at least 4 members (excludes halogenated alkanes) is 3. The molecular weight excluding hydrogens is 280 g/mol. The first-order valence-electron chi connectivity index (χ1n) is 8.24. The molecule has 1 saturated heterocycles. The first kappa shape index (κ1) is 16.8. The Labute approximate surface area is 132 Å². The number of carbonyl (C=O) groups is 1. The van der Waals surface area contributed by atoms with Crippen molar-refractivity contribution in [3.8, 4) is 5.75 Å². The van der Waals surface area contributed by atoms with Crippen molar-refractivity contribution in [1.82, 2.24) is 0 Å². The summed E-state index contributed by atoms with van der Waals surface area (Å²) in [6.07, 6.45) is 5.90. The van der Waals surface area contributed by atoms with Gasteiger partial charge in [0.25, 0.3) is 0 Å². The molecule has 2 rings (SSSR count). The molecule has 1 unspecified atom stereocenters. The summed E-state index contributed by atoms with van der Waals surface area (Å²) in [6.45, 7) is 5.49. The van der Waals surface area contributed by atoms with Crippen LogP contribution in [0.3, 0.4) is 0 Å². The van der Waals surface area contributed by atoms with E-state index in [-0.39, 0.29) is 18.2 Å². The van der Waals surface area contributed by atoms with E-state index in [2.05, 4.69) is 6.92 Å². The van der Waals surface area contributed by atoms with E-state index < -0.39 is 0 Å². The van der Waals surface area contributed by atoms with Gasteiger partial charge in [-0.15, -0.1) is 0 Å². The van der Waals surface area contributed by atoms with Crippen molar-refractivity contribution < 1.29 is 19.0 Å². The SMILES string of the molecule is CCCCCC[C@@H](C)OC(=O)c1ccc(OCC2CO2)cc1. The Kier molecular flexibility index (Phi) is 6.72. The maximum atomic E-state index is 12.0. The predicted molar refractivity (Wildman–Crippen MR) is 85.3 cm³/mol. The van der Waals surface area contributed by atoms with Crippen LogP contribution in [0.25, 0.3) is 0 Å². The monoisotopic (exact) mass is 306 g/mol. The van der Waals surface area contributed by atoms with Crippen LogP contribution in [0.1, 0.15) is 56.3 Å². The van der Waals surface area contributed by atoms with E-state index in [1.807, 2.05) is 6.92 Å². The second-order valence-corrected chi connectivity index (χ2v) is 5.86. The summed E-state index contributed by atoms with van der Waals surface area (Å²) in [5.74, 6) is 0.486. The van der Waals surface area contributed by atoms with Crippen LogP contribution >= 0.6 is 0 Å². The Morgan fingerprint density at radius 3 is 2.64 bits per heavy atom. The maximum Gasteiger partial charge on any atom is 0.338 e. The van der Waals surface area contributed by atoms with Crippen LogP contribution in [0, 0.1) is 0 Å². The largest absolute Gasteiger partial charge is 0.491 e. The Hall–Kier alpha value is -1.55. The molecule has 4 nitrogen and oxygen atoms in total. The molecule has 0 radical (unpaired) electrons. The molecule has 1 aromatic rings. The summed E-state index contributed by atoms with van der Waals surface area (Å²) in [7, 11) is 0. The number of ether oxygens (including phenoxy) is 3. The lowest BCUT2D eigenvalue weighted by molar-refractivity contribution is 0.0319. The molecule has 1 aliphatic heterocycles. The highest BCUT2D eigenvalue weighted by Gasteiger charge is 2.23. The second-order valence-electron chi connectivity index (χ2n) is 5.86. The number of carbonyl (C=O) groups excluding carboxylic acids is 1. The predicted octanol–water partition coefficient (Wildman–Crippen LogP) is 3.98. The third-order valence-electron chi connectivity index (χ3n) is 3.70. The molecule has 122 valence electrons. The summed E-state index contributed by atoms with van der Waals surface area (Å²) in [4.78, 5) is 12.0. The van der Waals surface area contributed by atoms with Crippen molar-refractivity contribution in [1.29, 1.82) is 0 Å². The average molecular weight is 306 g/mol. The summed E-state index contributed by atoms with van der Waals surface area (Å²) in [5, 5.41) is 0. The Morgan fingerprint density at radius 1 is 1.27 bits per heavy atom. The Morgan fingerprint density at radius 2 is 2.00 bits per heavy atom. The number of benzene rings is 1. The highest BCUT2D eigenvalue weighted by molar-refractivity contribution is 5.89. The molecule has 0 aliphatic carbocycles. The van der Waals surface area contributed by atoms with Crippen molar-refractivity contribution >= 4 is 5.97 Å². The molecule has 0 bridgehead atoms. The standard InChI is InChI=1S/C18H26O4/c1-3-4-5-6-7-14(2)22-18(19)15-8-10-16(11-9-15)20-12-17-13-21-17/h8-11,14,17H,3-7,12-13H2,1-2H3/t14-,17?/m1/s1. The van der Waals surface area contributed by atoms with Crippen LogP contribution in [0.15, 0.2) is 24.3 Å². The summed E-state index contributed by atoms with van der Waals surface area (Å²) < 4.78 is 16.1. The van der Waals surface area contributed by atoms with E-state index in [1.165, 1.54) is 19.3 Å². The molecule has 1 heterocycles. The number of rotatable bonds is 10. The van der Waals surface area contributed by atoms with E-state index in [0.29, 0.717) is 12.2 Å². The average Bonchev–Trinajstić information content (AvgIpc) is 3.34. The summed E-state index contributed by atoms with van der Waals surface area (Å²) >= 11 is 0. The molecule has 1 aromatic carbocycles. The first-order chi connectivity index (χ1) is 10.7. The van der Waals surface area contributed by atoms with Crippen molar-refractivity contribution in [2.75, 3.05) is 13.2 Å². The smallest absolute Gasteiger partial charge is 0.338 e. The van der Waals surface area contributed by atoms with Crippen LogP contribution in [0.5, 0.6) is 5.75 Å². The number of epoxide rings is 1. The van der Waals surface area contributed by atoms with Gasteiger partial charge in [0.2, 0.25) is 0 Å². The van der Waals surface area contributed by atoms with E-state index in [0.717, 1.165) is 25.2 Å². The fourth-order valence-corrected chi connectivity index (χ4v) is 2.21. The first-order valence-corrected chi connectivity index (χ1v) is 8.24. The van der Waals surface area contributed by atoms with Gasteiger partial charge in [-0.1, -0.05) is 26.2 Å². The highest BCUT2D eigenvalue weighted by Crippen LogP contribution is 2.17. The molecule has 22 heavy (non-hydrogen) atoms. The Bertz CT molecular complexity index is 451. The van der Waals surface area contributed by atoms with Crippen molar-refractivity contribution in [2.24, 2.45) is 0 Å². The number of hydrogen-bond donors (Lipinski definition) is 0. The van der Waals surface area contributed by atoms with Gasteiger partial charge in [-0.2, -0.15) is 0 Å². The molecule has 0 spiro atoms. The minimum absolute atomic E-state index is 0.0349. The lowest BCUT2D eigenvalue weighted by atomic mass is 10.1. The van der Waals surface area contributed by atoms with Gasteiger partial charge in [0.15, 0.2) is 0 Å². The molecular formula is C18H26O4. The molecule has 4 heteroatoms. The zero-order valence-electron chi connectivity index (χ0n) is 13.5. The third kappa shape index (κ3) is 6.06. The van der Waals surface area contributed by atoms with Crippen LogP contribution in [0.4, 0.5) is 0 Å². The lowest BCUT2D eigenvalue weighted by Crippen LogP contribution is -2.15. The van der Waals surface area contributed by atoms with Crippen molar-refractivity contribution in [3.63, 3.8) is 0 Å². The van der Waals surface area contributed by atoms with E-state index in [4.69, 9.17) is 14.2 Å². The highest BCUT2D eigenvalue weighted by atomic mass is 16.6. The van der Waals surface area contributed by atoms with Crippen molar-refractivity contribution in [2.45, 2.75) is 58.2 Å². The minimum atomic E-state index is -0.264. The molecule has 1 aliphatic rings. The number of esters is 1. The zero-order chi connectivity index (χ0) is 15.8. The van der Waals surface area contributed by atoms with Gasteiger partial charge in [0.05, 0.1) is 18.3 Å². The normalized spacial score (nSPS) is 17.8. The molecule has 0 amide bonds.